The summed E-state index contributed by atoms with van der Waals surface area (Å²) in [5.41, 5.74) is 2.26. The molecule has 1 heterocycles. The third kappa shape index (κ3) is 8.28. The second-order valence-corrected chi connectivity index (χ2v) is 12.7. The zero-order valence-corrected chi connectivity index (χ0v) is 24.6. The quantitative estimate of drug-likeness (QED) is 0.133. The van der Waals surface area contributed by atoms with Crippen molar-refractivity contribution >= 4 is 49.9 Å². The lowest BCUT2D eigenvalue weighted by Gasteiger charge is -2.24. The topological polar surface area (TPSA) is 118 Å². The van der Waals surface area contributed by atoms with Gasteiger partial charge in [0.05, 0.1) is 11.6 Å². The molecule has 0 spiro atoms. The van der Waals surface area contributed by atoms with E-state index in [-0.39, 0.29) is 18.2 Å². The average Bonchev–Trinajstić information content (AvgIpc) is 3.30. The Kier molecular flexibility index (Phi) is 9.15. The number of ether oxygens (including phenoxy) is 1. The first-order valence-corrected chi connectivity index (χ1v) is 15.1. The number of carbonyl (C=O) groups excluding carboxylic acids is 1. The molecular formula is C29H30ClN3O5S2. The summed E-state index contributed by atoms with van der Waals surface area (Å²) in [6.45, 7) is 5.70. The molecule has 11 heteroatoms. The fourth-order valence-corrected chi connectivity index (χ4v) is 5.56. The first-order valence-electron chi connectivity index (χ1n) is 12.5. The molecule has 4 aromatic rings. The van der Waals surface area contributed by atoms with Gasteiger partial charge in [-0.05, 0) is 51.0 Å². The number of para-hydroxylation sites is 1. The molecule has 1 atom stereocenters. The summed E-state index contributed by atoms with van der Waals surface area (Å²) in [5, 5.41) is 5.32. The lowest BCUT2D eigenvalue weighted by Crippen LogP contribution is -2.33. The number of hydrogen-bond acceptors (Lipinski definition) is 7. The van der Waals surface area contributed by atoms with Crippen molar-refractivity contribution in [2.24, 2.45) is 5.92 Å². The number of carbonyl (C=O) groups is 1. The van der Waals surface area contributed by atoms with Gasteiger partial charge >= 0.3 is 16.3 Å². The van der Waals surface area contributed by atoms with Gasteiger partial charge in [0.1, 0.15) is 21.3 Å². The minimum Gasteiger partial charge on any atom is -0.460 e. The number of esters is 1. The molecule has 8 nitrogen and oxygen atoms in total. The largest absolute Gasteiger partial charge is 0.460 e. The Morgan fingerprint density at radius 1 is 1.02 bits per heavy atom. The Bertz CT molecular complexity index is 1570. The summed E-state index contributed by atoms with van der Waals surface area (Å²) >= 11 is 7.43. The van der Waals surface area contributed by atoms with E-state index in [0.29, 0.717) is 32.7 Å². The highest BCUT2D eigenvalue weighted by Gasteiger charge is 2.27. The van der Waals surface area contributed by atoms with Crippen molar-refractivity contribution in [1.82, 2.24) is 4.98 Å². The van der Waals surface area contributed by atoms with Gasteiger partial charge in [0.2, 0.25) is 0 Å². The molecule has 210 valence electrons. The van der Waals surface area contributed by atoms with Crippen LogP contribution in [0.5, 0.6) is 0 Å². The summed E-state index contributed by atoms with van der Waals surface area (Å²) in [5.74, 6) is -0.889. The number of hydrogen-bond donors (Lipinski definition) is 3. The molecule has 1 aromatic heterocycles. The van der Waals surface area contributed by atoms with Crippen LogP contribution in [-0.2, 0) is 26.3 Å². The average molecular weight is 600 g/mol. The maximum Gasteiger partial charge on any atom is 0.357 e. The number of nitrogens with one attached hydrogen (secondary N) is 2. The Labute approximate surface area is 243 Å². The number of thiazole rings is 1. The minimum atomic E-state index is -4.52. The second kappa shape index (κ2) is 12.4. The molecule has 3 N–H and O–H groups in total. The second-order valence-electron chi connectivity index (χ2n) is 10.1. The highest BCUT2D eigenvalue weighted by atomic mass is 35.5. The maximum atomic E-state index is 13.2. The van der Waals surface area contributed by atoms with E-state index in [1.165, 1.54) is 11.3 Å². The summed E-state index contributed by atoms with van der Waals surface area (Å²) in [7, 11) is -4.52. The Balaban J connectivity index is 1.71. The number of benzene rings is 3. The van der Waals surface area contributed by atoms with Gasteiger partial charge in [0.15, 0.2) is 0 Å². The predicted molar refractivity (Wildman–Crippen MR) is 161 cm³/mol. The van der Waals surface area contributed by atoms with Gasteiger partial charge < -0.3 is 10.1 Å². The molecule has 0 amide bonds. The zero-order chi connectivity index (χ0) is 28.9. The van der Waals surface area contributed by atoms with Gasteiger partial charge in [-0.1, -0.05) is 83.6 Å². The van der Waals surface area contributed by atoms with Crippen LogP contribution in [-0.4, -0.2) is 36.1 Å². The van der Waals surface area contributed by atoms with Gasteiger partial charge in [-0.3, -0.25) is 14.1 Å². The summed E-state index contributed by atoms with van der Waals surface area (Å²) in [4.78, 5) is 18.1. The number of rotatable bonds is 10. The van der Waals surface area contributed by atoms with E-state index in [1.54, 1.807) is 36.4 Å². The van der Waals surface area contributed by atoms with Crippen LogP contribution in [0.25, 0.3) is 21.8 Å². The van der Waals surface area contributed by atoms with Crippen molar-refractivity contribution in [2.45, 2.75) is 32.8 Å². The monoisotopic (exact) mass is 599 g/mol. The standard InChI is InChI=1S/C29H30ClN3O5S2/c1-29(2,3)38-28(34)21(17-19-13-15-22(30)16-14-19)18-31-27-25(32-26(39-27)20-9-5-4-6-10-20)23-11-7-8-12-24(23)33-40(35,36)37/h4-16,21,31,33H,17-18H2,1-3H3,(H,35,36,37)/t21-/m0/s1. The van der Waals surface area contributed by atoms with Crippen molar-refractivity contribution in [3.8, 4) is 21.8 Å². The van der Waals surface area contributed by atoms with Crippen molar-refractivity contribution in [1.29, 1.82) is 0 Å². The number of aromatic nitrogens is 1. The molecule has 0 bridgehead atoms. The van der Waals surface area contributed by atoms with Crippen molar-refractivity contribution < 1.29 is 22.5 Å². The fraction of sp³-hybridized carbons (Fsp3) is 0.241. The fourth-order valence-electron chi connectivity index (χ4n) is 3.99. The Hall–Kier alpha value is -3.44. The van der Waals surface area contributed by atoms with Gasteiger partial charge in [-0.25, -0.2) is 4.98 Å². The van der Waals surface area contributed by atoms with E-state index < -0.39 is 21.8 Å². The molecule has 0 aliphatic rings. The van der Waals surface area contributed by atoms with Crippen LogP contribution in [0.4, 0.5) is 10.7 Å². The zero-order valence-electron chi connectivity index (χ0n) is 22.2. The van der Waals surface area contributed by atoms with Crippen LogP contribution in [0.1, 0.15) is 26.3 Å². The van der Waals surface area contributed by atoms with Crippen molar-refractivity contribution in [2.75, 3.05) is 16.6 Å². The summed E-state index contributed by atoms with van der Waals surface area (Å²) < 4.78 is 40.6. The molecule has 0 saturated heterocycles. The molecule has 0 aliphatic heterocycles. The molecule has 0 aliphatic carbocycles. The van der Waals surface area contributed by atoms with Crippen LogP contribution < -0.4 is 10.0 Å². The lowest BCUT2D eigenvalue weighted by molar-refractivity contribution is -0.159. The maximum absolute atomic E-state index is 13.2. The number of nitrogens with zero attached hydrogens (tertiary/aromatic N) is 1. The van der Waals surface area contributed by atoms with Crippen LogP contribution in [0.15, 0.2) is 78.9 Å². The van der Waals surface area contributed by atoms with Crippen LogP contribution >= 0.6 is 22.9 Å². The molecular weight excluding hydrogens is 570 g/mol. The number of halogens is 1. The predicted octanol–water partition coefficient (Wildman–Crippen LogP) is 6.96. The Morgan fingerprint density at radius 2 is 1.68 bits per heavy atom. The summed E-state index contributed by atoms with van der Waals surface area (Å²) in [6.07, 6.45) is 0.416. The molecule has 0 radical (unpaired) electrons. The lowest BCUT2D eigenvalue weighted by atomic mass is 9.98. The van der Waals surface area contributed by atoms with Gasteiger partial charge in [-0.15, -0.1) is 0 Å². The third-order valence-corrected chi connectivity index (χ3v) is 7.51. The smallest absolute Gasteiger partial charge is 0.357 e. The van der Waals surface area contributed by atoms with Crippen LogP contribution in [0.3, 0.4) is 0 Å². The van der Waals surface area contributed by atoms with Crippen molar-refractivity contribution in [3.63, 3.8) is 0 Å². The highest BCUT2D eigenvalue weighted by Crippen LogP contribution is 2.41. The third-order valence-electron chi connectivity index (χ3n) is 5.71. The Morgan fingerprint density at radius 3 is 2.33 bits per heavy atom. The first-order chi connectivity index (χ1) is 18.9. The van der Waals surface area contributed by atoms with Crippen molar-refractivity contribution in [3.05, 3.63) is 89.4 Å². The van der Waals surface area contributed by atoms with E-state index in [0.717, 1.165) is 11.1 Å². The minimum absolute atomic E-state index is 0.169. The number of anilines is 2. The van der Waals surface area contributed by atoms with Gasteiger partial charge in [0, 0.05) is 22.7 Å². The normalized spacial score (nSPS) is 12.5. The molecule has 0 fully saturated rings. The molecule has 3 aromatic carbocycles. The molecule has 0 unspecified atom stereocenters. The SMILES string of the molecule is CC(C)(C)OC(=O)[C@H](CNc1sc(-c2ccccc2)nc1-c1ccccc1NS(=O)(=O)O)Cc1ccc(Cl)cc1. The molecule has 0 saturated carbocycles. The van der Waals surface area contributed by atoms with Gasteiger partial charge in [0.25, 0.3) is 0 Å². The van der Waals surface area contributed by atoms with E-state index in [4.69, 9.17) is 21.3 Å². The summed E-state index contributed by atoms with van der Waals surface area (Å²) in [6, 6.07) is 23.5. The van der Waals surface area contributed by atoms with Crippen LogP contribution in [0, 0.1) is 5.92 Å². The van der Waals surface area contributed by atoms with Gasteiger partial charge in [-0.2, -0.15) is 8.42 Å². The first kappa shape index (κ1) is 29.5. The van der Waals surface area contributed by atoms with E-state index in [1.807, 2.05) is 63.2 Å². The molecule has 40 heavy (non-hydrogen) atoms. The van der Waals surface area contributed by atoms with E-state index in [9.17, 15) is 17.8 Å². The van der Waals surface area contributed by atoms with Crippen LogP contribution in [0.2, 0.25) is 5.02 Å². The van der Waals surface area contributed by atoms with E-state index >= 15 is 0 Å². The molecule has 4 rings (SSSR count). The van der Waals surface area contributed by atoms with E-state index in [2.05, 4.69) is 10.0 Å². The highest BCUT2D eigenvalue weighted by molar-refractivity contribution is 7.87.